The Morgan fingerprint density at radius 2 is 1.96 bits per heavy atom. The van der Waals surface area contributed by atoms with E-state index >= 15 is 0 Å². The summed E-state index contributed by atoms with van der Waals surface area (Å²) in [5.41, 5.74) is 0.502. The fourth-order valence-electron chi connectivity index (χ4n) is 3.09. The Kier molecular flexibility index (Phi) is 5.76. The number of carbonyl (C=O) groups is 1. The van der Waals surface area contributed by atoms with Crippen molar-refractivity contribution >= 4 is 28.4 Å². The number of hydrogen-bond acceptors (Lipinski definition) is 3. The van der Waals surface area contributed by atoms with Crippen molar-refractivity contribution in [2.75, 3.05) is 0 Å². The summed E-state index contributed by atoms with van der Waals surface area (Å²) in [5, 5.41) is 4.01. The van der Waals surface area contributed by atoms with E-state index < -0.39 is 11.2 Å². The Morgan fingerprint density at radius 3 is 2.70 bits per heavy atom. The average molecular weight is 386 g/mol. The molecule has 3 rings (SSSR count). The molecule has 27 heavy (non-hydrogen) atoms. The zero-order valence-corrected chi connectivity index (χ0v) is 15.6. The van der Waals surface area contributed by atoms with Crippen molar-refractivity contribution in [3.8, 4) is 0 Å². The molecule has 0 aliphatic rings. The van der Waals surface area contributed by atoms with Gasteiger partial charge in [-0.25, -0.2) is 4.79 Å². The molecule has 1 aromatic heterocycles. The Morgan fingerprint density at radius 1 is 1.19 bits per heavy atom. The summed E-state index contributed by atoms with van der Waals surface area (Å²) < 4.78 is 1.41. The second-order valence-corrected chi connectivity index (χ2v) is 6.70. The maximum absolute atomic E-state index is 12.4. The third kappa shape index (κ3) is 4.28. The first-order valence-corrected chi connectivity index (χ1v) is 9.14. The molecule has 2 N–H and O–H groups in total. The molecule has 0 spiro atoms. The number of hydrogen-bond donors (Lipinski definition) is 2. The number of amides is 1. The van der Waals surface area contributed by atoms with E-state index in [4.69, 9.17) is 11.6 Å². The maximum Gasteiger partial charge on any atom is 0.328 e. The lowest BCUT2D eigenvalue weighted by molar-refractivity contribution is -0.122. The average Bonchev–Trinajstić information content (AvgIpc) is 2.66. The molecule has 0 saturated heterocycles. The summed E-state index contributed by atoms with van der Waals surface area (Å²) in [5.74, 6) is -0.177. The van der Waals surface area contributed by atoms with Crippen LogP contribution in [0.15, 0.2) is 58.1 Å². The van der Waals surface area contributed by atoms with Gasteiger partial charge < -0.3 is 5.32 Å². The van der Waals surface area contributed by atoms with Crippen LogP contribution in [-0.4, -0.2) is 15.5 Å². The van der Waals surface area contributed by atoms with Crippen LogP contribution >= 0.6 is 11.6 Å². The lowest BCUT2D eigenvalue weighted by Crippen LogP contribution is -2.33. The predicted octanol–water partition coefficient (Wildman–Crippen LogP) is 3.00. The Balaban J connectivity index is 1.75. The molecule has 0 aliphatic heterocycles. The number of H-pyrrole nitrogens is 1. The van der Waals surface area contributed by atoms with Crippen LogP contribution < -0.4 is 16.6 Å². The topological polar surface area (TPSA) is 84.0 Å². The quantitative estimate of drug-likeness (QED) is 0.684. The van der Waals surface area contributed by atoms with Crippen LogP contribution in [0, 0.1) is 0 Å². The monoisotopic (exact) mass is 385 g/mol. The van der Waals surface area contributed by atoms with Gasteiger partial charge in [0.2, 0.25) is 5.91 Å². The van der Waals surface area contributed by atoms with Crippen LogP contribution in [0.25, 0.3) is 10.9 Å². The number of rotatable bonds is 6. The van der Waals surface area contributed by atoms with Gasteiger partial charge in [0.1, 0.15) is 0 Å². The second kappa shape index (κ2) is 8.22. The number of aromatic amines is 1. The molecular weight excluding hydrogens is 366 g/mol. The molecule has 2 aromatic carbocycles. The molecule has 3 aromatic rings. The van der Waals surface area contributed by atoms with Gasteiger partial charge in [-0.05, 0) is 36.2 Å². The summed E-state index contributed by atoms with van der Waals surface area (Å²) in [6.07, 6.45) is 0.834. The van der Waals surface area contributed by atoms with Crippen molar-refractivity contribution in [1.29, 1.82) is 0 Å². The minimum Gasteiger partial charge on any atom is -0.349 e. The van der Waals surface area contributed by atoms with Crippen LogP contribution in [0.1, 0.15) is 31.4 Å². The highest BCUT2D eigenvalue weighted by atomic mass is 35.5. The molecule has 0 bridgehead atoms. The standard InChI is InChI=1S/C20H20ClN3O3/c1-2-16(13-6-5-7-14(21)12-13)22-18(25)10-11-24-17-9-4-3-8-15(17)19(26)23-20(24)27/h3-9,12,16H,2,10-11H2,1H3,(H,22,25)(H,23,26,27). The maximum atomic E-state index is 12.4. The molecule has 0 radical (unpaired) electrons. The number of nitrogens with one attached hydrogen (secondary N) is 2. The van der Waals surface area contributed by atoms with Gasteiger partial charge in [0, 0.05) is 18.0 Å². The van der Waals surface area contributed by atoms with Crippen LogP contribution in [0.2, 0.25) is 5.02 Å². The third-order valence-corrected chi connectivity index (χ3v) is 4.70. The SMILES string of the molecule is CCC(NC(=O)CCn1c(=O)[nH]c(=O)c2ccccc21)c1cccc(Cl)c1. The Bertz CT molecular complexity index is 1090. The molecule has 0 fully saturated rings. The summed E-state index contributed by atoms with van der Waals surface area (Å²) in [6.45, 7) is 2.15. The number of nitrogens with zero attached hydrogens (tertiary/aromatic N) is 1. The fourth-order valence-corrected chi connectivity index (χ4v) is 3.29. The highest BCUT2D eigenvalue weighted by Gasteiger charge is 2.14. The first-order valence-electron chi connectivity index (χ1n) is 8.76. The number of aryl methyl sites for hydroxylation is 1. The minimum absolute atomic E-state index is 0.118. The Labute approximate surface area is 160 Å². The van der Waals surface area contributed by atoms with Crippen molar-refractivity contribution in [1.82, 2.24) is 14.9 Å². The smallest absolute Gasteiger partial charge is 0.328 e. The van der Waals surface area contributed by atoms with Crippen molar-refractivity contribution in [2.45, 2.75) is 32.4 Å². The van der Waals surface area contributed by atoms with Crippen LogP contribution in [0.5, 0.6) is 0 Å². The largest absolute Gasteiger partial charge is 0.349 e. The predicted molar refractivity (Wildman–Crippen MR) is 106 cm³/mol. The molecule has 140 valence electrons. The van der Waals surface area contributed by atoms with E-state index in [1.807, 2.05) is 25.1 Å². The van der Waals surface area contributed by atoms with E-state index in [9.17, 15) is 14.4 Å². The van der Waals surface area contributed by atoms with Gasteiger partial charge in [0.05, 0.1) is 16.9 Å². The highest BCUT2D eigenvalue weighted by Crippen LogP contribution is 2.20. The minimum atomic E-state index is -0.520. The number of halogens is 1. The molecule has 0 aliphatic carbocycles. The van der Waals surface area contributed by atoms with Crippen LogP contribution in [-0.2, 0) is 11.3 Å². The van der Waals surface area contributed by atoms with Gasteiger partial charge in [0.25, 0.3) is 5.56 Å². The number of para-hydroxylation sites is 1. The van der Waals surface area contributed by atoms with E-state index in [0.717, 1.165) is 5.56 Å². The van der Waals surface area contributed by atoms with E-state index in [1.165, 1.54) is 4.57 Å². The molecule has 1 amide bonds. The zero-order chi connectivity index (χ0) is 19.4. The van der Waals surface area contributed by atoms with Gasteiger partial charge in [0.15, 0.2) is 0 Å². The normalized spacial score (nSPS) is 12.1. The first kappa shape index (κ1) is 18.9. The summed E-state index contributed by atoms with van der Waals surface area (Å²) in [6, 6.07) is 14.1. The summed E-state index contributed by atoms with van der Waals surface area (Å²) >= 11 is 6.03. The fraction of sp³-hybridized carbons (Fsp3) is 0.250. The summed E-state index contributed by atoms with van der Waals surface area (Å²) in [7, 11) is 0. The van der Waals surface area contributed by atoms with Crippen LogP contribution in [0.3, 0.4) is 0 Å². The molecule has 1 unspecified atom stereocenters. The molecule has 6 nitrogen and oxygen atoms in total. The van der Waals surface area contributed by atoms with Crippen molar-refractivity contribution in [2.24, 2.45) is 0 Å². The zero-order valence-electron chi connectivity index (χ0n) is 14.9. The molecule has 7 heteroatoms. The Hall–Kier alpha value is -2.86. The highest BCUT2D eigenvalue weighted by molar-refractivity contribution is 6.30. The summed E-state index contributed by atoms with van der Waals surface area (Å²) in [4.78, 5) is 38.8. The van der Waals surface area contributed by atoms with Crippen molar-refractivity contribution in [3.05, 3.63) is 80.0 Å². The first-order chi connectivity index (χ1) is 13.0. The second-order valence-electron chi connectivity index (χ2n) is 6.26. The number of benzene rings is 2. The molecule has 0 saturated carbocycles. The van der Waals surface area contributed by atoms with Gasteiger partial charge in [-0.3, -0.25) is 19.1 Å². The number of aromatic nitrogens is 2. The van der Waals surface area contributed by atoms with E-state index in [0.29, 0.717) is 22.3 Å². The number of carbonyl (C=O) groups excluding carboxylic acids is 1. The van der Waals surface area contributed by atoms with E-state index in [-0.39, 0.29) is 24.9 Å². The van der Waals surface area contributed by atoms with Gasteiger partial charge in [-0.1, -0.05) is 42.8 Å². The third-order valence-electron chi connectivity index (χ3n) is 4.46. The molecule has 1 heterocycles. The van der Waals surface area contributed by atoms with Gasteiger partial charge >= 0.3 is 5.69 Å². The van der Waals surface area contributed by atoms with Crippen LogP contribution in [0.4, 0.5) is 0 Å². The lowest BCUT2D eigenvalue weighted by atomic mass is 10.0. The van der Waals surface area contributed by atoms with E-state index in [2.05, 4.69) is 10.3 Å². The van der Waals surface area contributed by atoms with Gasteiger partial charge in [-0.2, -0.15) is 0 Å². The lowest BCUT2D eigenvalue weighted by Gasteiger charge is -2.18. The molecular formula is C20H20ClN3O3. The van der Waals surface area contributed by atoms with Crippen molar-refractivity contribution in [3.63, 3.8) is 0 Å². The van der Waals surface area contributed by atoms with Crippen molar-refractivity contribution < 1.29 is 4.79 Å². The van der Waals surface area contributed by atoms with Gasteiger partial charge in [-0.15, -0.1) is 0 Å². The van der Waals surface area contributed by atoms with E-state index in [1.54, 1.807) is 30.3 Å². The molecule has 1 atom stereocenters. The number of fused-ring (bicyclic) bond motifs is 1.